The Bertz CT molecular complexity index is 642. The van der Waals surface area contributed by atoms with Crippen LogP contribution in [0, 0.1) is 0 Å². The van der Waals surface area contributed by atoms with E-state index >= 15 is 0 Å². The fraction of sp³-hybridized carbons (Fsp3) is 0.500. The second-order valence-corrected chi connectivity index (χ2v) is 6.37. The van der Waals surface area contributed by atoms with Gasteiger partial charge < -0.3 is 18.9 Å². The lowest BCUT2D eigenvalue weighted by Gasteiger charge is -2.18. The Labute approximate surface area is 170 Å². The molecule has 0 fully saturated rings. The van der Waals surface area contributed by atoms with Crippen molar-refractivity contribution >= 4 is 0 Å². The lowest BCUT2D eigenvalue weighted by Crippen LogP contribution is -2.15. The summed E-state index contributed by atoms with van der Waals surface area (Å²) in [7, 11) is 0. The Balaban J connectivity index is 0.000000234. The van der Waals surface area contributed by atoms with Gasteiger partial charge in [-0.2, -0.15) is 0 Å². The van der Waals surface area contributed by atoms with Crippen LogP contribution in [0.25, 0.3) is 0 Å². The summed E-state index contributed by atoms with van der Waals surface area (Å²) in [6.07, 6.45) is 4.91. The number of fused-ring (bicyclic) bond motifs is 2. The third-order valence-corrected chi connectivity index (χ3v) is 4.09. The van der Waals surface area contributed by atoms with Crippen molar-refractivity contribution in [1.29, 1.82) is 0 Å². The first-order chi connectivity index (χ1) is 13.3. The highest BCUT2D eigenvalue weighted by Crippen LogP contribution is 2.31. The van der Waals surface area contributed by atoms with Crippen molar-refractivity contribution in [3.05, 3.63) is 48.0 Å². The standard InChI is InChI=1S/C11H14O2.C8H8O2.C4H10.CH4/c1-2-3-9-4-5-10-11(8-9)13-7-6-12-10;1-2-4-8-7(3-1)9-5-6-10-8;1-3-4-2;/h4-5,8H,2-3,6-7H2,1H3;1-4H,5-6H2;3-4H2,1-2H3;1H4. The van der Waals surface area contributed by atoms with E-state index in [1.165, 1.54) is 24.8 Å². The highest BCUT2D eigenvalue weighted by atomic mass is 16.6. The predicted octanol–water partition coefficient (Wildman–Crippen LogP) is 6.31. The summed E-state index contributed by atoms with van der Waals surface area (Å²) in [6.45, 7) is 9.20. The number of ether oxygens (including phenoxy) is 4. The number of para-hydroxylation sites is 2. The number of benzene rings is 2. The average Bonchev–Trinajstić information content (AvgIpc) is 2.75. The zero-order chi connectivity index (χ0) is 19.3. The monoisotopic (exact) mass is 388 g/mol. The lowest BCUT2D eigenvalue weighted by molar-refractivity contribution is 0.171. The molecule has 0 atom stereocenters. The Hall–Kier alpha value is -2.36. The van der Waals surface area contributed by atoms with Crippen molar-refractivity contribution in [2.45, 2.75) is 53.9 Å². The third kappa shape index (κ3) is 7.71. The SMILES string of the molecule is C.CCCC.CCCc1ccc2c(c1)OCCO2.c1ccc2c(c1)OCCO2. The number of aryl methyl sites for hydroxylation is 1. The molecule has 0 spiro atoms. The summed E-state index contributed by atoms with van der Waals surface area (Å²) >= 11 is 0. The van der Waals surface area contributed by atoms with Crippen LogP contribution in [0.5, 0.6) is 23.0 Å². The second-order valence-electron chi connectivity index (χ2n) is 6.37. The van der Waals surface area contributed by atoms with E-state index in [2.05, 4.69) is 32.9 Å². The van der Waals surface area contributed by atoms with E-state index in [4.69, 9.17) is 18.9 Å². The van der Waals surface area contributed by atoms with Crippen LogP contribution >= 0.6 is 0 Å². The zero-order valence-electron chi connectivity index (χ0n) is 16.8. The molecule has 0 radical (unpaired) electrons. The topological polar surface area (TPSA) is 36.9 Å². The molecule has 0 bridgehead atoms. The van der Waals surface area contributed by atoms with Crippen LogP contribution in [0.2, 0.25) is 0 Å². The van der Waals surface area contributed by atoms with Crippen molar-refractivity contribution in [3.63, 3.8) is 0 Å². The summed E-state index contributed by atoms with van der Waals surface area (Å²) in [5.74, 6) is 3.49. The van der Waals surface area contributed by atoms with Crippen LogP contribution in [-0.2, 0) is 6.42 Å². The summed E-state index contributed by atoms with van der Waals surface area (Å²) in [5, 5.41) is 0. The van der Waals surface area contributed by atoms with E-state index in [1.807, 2.05) is 30.3 Å². The van der Waals surface area contributed by atoms with E-state index < -0.39 is 0 Å². The lowest BCUT2D eigenvalue weighted by atomic mass is 10.1. The van der Waals surface area contributed by atoms with Crippen molar-refractivity contribution in [1.82, 2.24) is 0 Å². The number of rotatable bonds is 3. The fourth-order valence-corrected chi connectivity index (χ4v) is 2.52. The smallest absolute Gasteiger partial charge is 0.161 e. The summed E-state index contributed by atoms with van der Waals surface area (Å²) in [5.41, 5.74) is 1.33. The molecule has 4 heteroatoms. The first-order valence-electron chi connectivity index (χ1n) is 10.0. The molecular formula is C24H36O4. The van der Waals surface area contributed by atoms with Crippen molar-refractivity contribution < 1.29 is 18.9 Å². The Morgan fingerprint density at radius 3 is 1.54 bits per heavy atom. The molecule has 0 saturated carbocycles. The maximum atomic E-state index is 5.49. The normalized spacial score (nSPS) is 13.0. The minimum absolute atomic E-state index is 0. The highest BCUT2D eigenvalue weighted by molar-refractivity contribution is 5.43. The van der Waals surface area contributed by atoms with Gasteiger partial charge in [0.05, 0.1) is 0 Å². The first-order valence-corrected chi connectivity index (χ1v) is 10.0. The van der Waals surface area contributed by atoms with Crippen LogP contribution in [0.4, 0.5) is 0 Å². The predicted molar refractivity (Wildman–Crippen MR) is 116 cm³/mol. The first kappa shape index (κ1) is 23.7. The molecule has 28 heavy (non-hydrogen) atoms. The Morgan fingerprint density at radius 1 is 0.607 bits per heavy atom. The molecule has 4 rings (SSSR count). The average molecular weight is 389 g/mol. The molecule has 2 aromatic rings. The van der Waals surface area contributed by atoms with Crippen LogP contribution < -0.4 is 18.9 Å². The molecule has 0 aromatic heterocycles. The van der Waals surface area contributed by atoms with Gasteiger partial charge in [0.25, 0.3) is 0 Å². The maximum absolute atomic E-state index is 5.49. The van der Waals surface area contributed by atoms with Crippen molar-refractivity contribution in [2.75, 3.05) is 26.4 Å². The zero-order valence-corrected chi connectivity index (χ0v) is 16.8. The highest BCUT2D eigenvalue weighted by Gasteiger charge is 2.11. The molecular weight excluding hydrogens is 352 g/mol. The summed E-state index contributed by atoms with van der Waals surface area (Å²) in [6, 6.07) is 13.9. The van der Waals surface area contributed by atoms with E-state index in [0.29, 0.717) is 26.4 Å². The van der Waals surface area contributed by atoms with Gasteiger partial charge in [-0.3, -0.25) is 0 Å². The van der Waals surface area contributed by atoms with Crippen LogP contribution in [0.3, 0.4) is 0 Å². The van der Waals surface area contributed by atoms with Crippen LogP contribution in [-0.4, -0.2) is 26.4 Å². The number of hydrogen-bond donors (Lipinski definition) is 0. The van der Waals surface area contributed by atoms with Gasteiger partial charge in [-0.1, -0.05) is 65.7 Å². The van der Waals surface area contributed by atoms with Gasteiger partial charge in [0.15, 0.2) is 23.0 Å². The number of hydrogen-bond acceptors (Lipinski definition) is 4. The van der Waals surface area contributed by atoms with Gasteiger partial charge in [0.1, 0.15) is 26.4 Å². The van der Waals surface area contributed by atoms with Crippen LogP contribution in [0.1, 0.15) is 53.0 Å². The molecule has 0 unspecified atom stereocenters. The largest absolute Gasteiger partial charge is 0.486 e. The molecule has 4 nitrogen and oxygen atoms in total. The van der Waals surface area contributed by atoms with Gasteiger partial charge in [-0.15, -0.1) is 0 Å². The minimum Gasteiger partial charge on any atom is -0.486 e. The minimum atomic E-state index is 0. The van der Waals surface area contributed by atoms with Crippen LogP contribution in [0.15, 0.2) is 42.5 Å². The van der Waals surface area contributed by atoms with Gasteiger partial charge in [0.2, 0.25) is 0 Å². The Morgan fingerprint density at radius 2 is 1.07 bits per heavy atom. The Kier molecular flexibility index (Phi) is 11.6. The van der Waals surface area contributed by atoms with E-state index in [1.54, 1.807) is 0 Å². The number of unbranched alkanes of at least 4 members (excludes halogenated alkanes) is 1. The fourth-order valence-electron chi connectivity index (χ4n) is 2.52. The molecule has 0 aliphatic carbocycles. The van der Waals surface area contributed by atoms with Crippen molar-refractivity contribution in [3.8, 4) is 23.0 Å². The molecule has 0 N–H and O–H groups in total. The van der Waals surface area contributed by atoms with Crippen molar-refractivity contribution in [2.24, 2.45) is 0 Å². The van der Waals surface area contributed by atoms with Gasteiger partial charge in [0, 0.05) is 0 Å². The summed E-state index contributed by atoms with van der Waals surface area (Å²) < 4.78 is 21.5. The van der Waals surface area contributed by atoms with Gasteiger partial charge in [-0.25, -0.2) is 0 Å². The molecule has 2 heterocycles. The quantitative estimate of drug-likeness (QED) is 0.617. The molecule has 2 aromatic carbocycles. The molecule has 0 saturated heterocycles. The van der Waals surface area contributed by atoms with E-state index in [-0.39, 0.29) is 7.43 Å². The van der Waals surface area contributed by atoms with Gasteiger partial charge >= 0.3 is 0 Å². The second kappa shape index (κ2) is 13.8. The van der Waals surface area contributed by atoms with E-state index in [9.17, 15) is 0 Å². The molecule has 0 amide bonds. The molecule has 156 valence electrons. The maximum Gasteiger partial charge on any atom is 0.161 e. The van der Waals surface area contributed by atoms with E-state index in [0.717, 1.165) is 29.4 Å². The third-order valence-electron chi connectivity index (χ3n) is 4.09. The van der Waals surface area contributed by atoms with Gasteiger partial charge in [-0.05, 0) is 36.2 Å². The summed E-state index contributed by atoms with van der Waals surface area (Å²) in [4.78, 5) is 0. The molecule has 2 aliphatic rings. The molecule has 2 aliphatic heterocycles.